The summed E-state index contributed by atoms with van der Waals surface area (Å²) in [5.41, 5.74) is 2.23. The zero-order valence-electron chi connectivity index (χ0n) is 11.7. The fraction of sp³-hybridized carbons (Fsp3) is 0.312. The Morgan fingerprint density at radius 3 is 3.20 bits per heavy atom. The van der Waals surface area contributed by atoms with Crippen LogP contribution < -0.4 is 10.1 Å². The van der Waals surface area contributed by atoms with Crippen molar-refractivity contribution < 1.29 is 4.74 Å². The number of hydrogen-bond acceptors (Lipinski definition) is 3. The van der Waals surface area contributed by atoms with Gasteiger partial charge in [0.15, 0.2) is 0 Å². The Morgan fingerprint density at radius 1 is 1.50 bits per heavy atom. The molecule has 1 aliphatic rings. The van der Waals surface area contributed by atoms with E-state index in [1.54, 1.807) is 0 Å². The molecule has 0 spiro atoms. The Kier molecular flexibility index (Phi) is 3.46. The molecule has 0 radical (unpaired) electrons. The van der Waals surface area contributed by atoms with E-state index in [1.807, 2.05) is 25.1 Å². The Labute approximate surface area is 119 Å². The molecule has 4 heteroatoms. The minimum Gasteiger partial charge on any atom is -0.493 e. The first-order chi connectivity index (χ1) is 9.79. The normalized spacial score (nSPS) is 17.1. The number of nitrogens with zero attached hydrogens (tertiary/aromatic N) is 2. The number of aromatic nitrogens is 2. The maximum absolute atomic E-state index is 5.73. The molecule has 4 nitrogen and oxygen atoms in total. The molecule has 1 unspecified atom stereocenters. The standard InChI is InChI=1S/C16H19N3O/c1-3-9-17-16-18-12(2)11-19(16)14-8-10-20-15-7-5-4-6-13(14)15/h3-7,11,14H,1,8-10H2,2H3,(H,17,18). The second-order valence-electron chi connectivity index (χ2n) is 4.97. The summed E-state index contributed by atoms with van der Waals surface area (Å²) in [4.78, 5) is 4.56. The monoisotopic (exact) mass is 269 g/mol. The van der Waals surface area contributed by atoms with Crippen LogP contribution in [0.15, 0.2) is 43.1 Å². The third-order valence-electron chi connectivity index (χ3n) is 3.52. The van der Waals surface area contributed by atoms with E-state index in [2.05, 4.69) is 39.8 Å². The average Bonchev–Trinajstić information content (AvgIpc) is 2.85. The van der Waals surface area contributed by atoms with Crippen molar-refractivity contribution in [2.75, 3.05) is 18.5 Å². The average molecular weight is 269 g/mol. The first-order valence-electron chi connectivity index (χ1n) is 6.91. The van der Waals surface area contributed by atoms with Crippen LogP contribution in [0.4, 0.5) is 5.95 Å². The second-order valence-corrected chi connectivity index (χ2v) is 4.97. The number of fused-ring (bicyclic) bond motifs is 1. The van der Waals surface area contributed by atoms with E-state index >= 15 is 0 Å². The predicted molar refractivity (Wildman–Crippen MR) is 80.3 cm³/mol. The molecule has 0 saturated heterocycles. The summed E-state index contributed by atoms with van der Waals surface area (Å²) in [6.07, 6.45) is 4.89. The first kappa shape index (κ1) is 12.8. The molecule has 2 heterocycles. The fourth-order valence-corrected chi connectivity index (χ4v) is 2.66. The highest BCUT2D eigenvalue weighted by Gasteiger charge is 2.24. The van der Waals surface area contributed by atoms with Crippen molar-refractivity contribution in [1.82, 2.24) is 9.55 Å². The Morgan fingerprint density at radius 2 is 2.35 bits per heavy atom. The first-order valence-corrected chi connectivity index (χ1v) is 6.91. The Bertz CT molecular complexity index is 618. The molecule has 0 amide bonds. The molecule has 1 atom stereocenters. The number of ether oxygens (including phenoxy) is 1. The predicted octanol–water partition coefficient (Wildman–Crippen LogP) is 3.16. The summed E-state index contributed by atoms with van der Waals surface area (Å²) >= 11 is 0. The van der Waals surface area contributed by atoms with Crippen LogP contribution in [-0.2, 0) is 0 Å². The molecule has 3 rings (SSSR count). The number of nitrogens with one attached hydrogen (secondary N) is 1. The van der Waals surface area contributed by atoms with Crippen molar-refractivity contribution in [2.24, 2.45) is 0 Å². The van der Waals surface area contributed by atoms with Gasteiger partial charge in [0.1, 0.15) is 5.75 Å². The molecule has 1 aromatic carbocycles. The van der Waals surface area contributed by atoms with Crippen LogP contribution >= 0.6 is 0 Å². The summed E-state index contributed by atoms with van der Waals surface area (Å²) in [7, 11) is 0. The quantitative estimate of drug-likeness (QED) is 0.867. The van der Waals surface area contributed by atoms with Gasteiger partial charge in [-0.3, -0.25) is 0 Å². The van der Waals surface area contributed by atoms with Crippen LogP contribution in [-0.4, -0.2) is 22.7 Å². The Balaban J connectivity index is 1.99. The molecule has 104 valence electrons. The van der Waals surface area contributed by atoms with Gasteiger partial charge in [-0.2, -0.15) is 0 Å². The zero-order chi connectivity index (χ0) is 13.9. The molecule has 2 aromatic rings. The molecular weight excluding hydrogens is 250 g/mol. The van der Waals surface area contributed by atoms with Gasteiger partial charge < -0.3 is 14.6 Å². The van der Waals surface area contributed by atoms with Gasteiger partial charge in [0.05, 0.1) is 18.3 Å². The highest BCUT2D eigenvalue weighted by Crippen LogP contribution is 2.36. The lowest BCUT2D eigenvalue weighted by molar-refractivity contribution is 0.257. The number of rotatable bonds is 4. The maximum Gasteiger partial charge on any atom is 0.203 e. The van der Waals surface area contributed by atoms with Gasteiger partial charge in [-0.25, -0.2) is 4.98 Å². The third kappa shape index (κ3) is 2.29. The second kappa shape index (κ2) is 5.41. The van der Waals surface area contributed by atoms with Crippen LogP contribution in [0.2, 0.25) is 0 Å². The number of imidazole rings is 1. The minimum atomic E-state index is 0.272. The van der Waals surface area contributed by atoms with Gasteiger partial charge >= 0.3 is 0 Å². The van der Waals surface area contributed by atoms with Crippen LogP contribution in [0, 0.1) is 6.92 Å². The number of anilines is 1. The van der Waals surface area contributed by atoms with Crippen molar-refractivity contribution in [3.05, 3.63) is 54.4 Å². The number of aryl methyl sites for hydroxylation is 1. The van der Waals surface area contributed by atoms with E-state index in [9.17, 15) is 0 Å². The van der Waals surface area contributed by atoms with Crippen LogP contribution in [0.3, 0.4) is 0 Å². The molecular formula is C16H19N3O. The topological polar surface area (TPSA) is 39.1 Å². The largest absolute Gasteiger partial charge is 0.493 e. The summed E-state index contributed by atoms with van der Waals surface area (Å²) < 4.78 is 7.94. The summed E-state index contributed by atoms with van der Waals surface area (Å²) in [5, 5.41) is 3.30. The van der Waals surface area contributed by atoms with Crippen LogP contribution in [0.5, 0.6) is 5.75 Å². The van der Waals surface area contributed by atoms with Crippen molar-refractivity contribution in [2.45, 2.75) is 19.4 Å². The van der Waals surface area contributed by atoms with Gasteiger partial charge in [-0.15, -0.1) is 6.58 Å². The fourth-order valence-electron chi connectivity index (χ4n) is 2.66. The van der Waals surface area contributed by atoms with Crippen molar-refractivity contribution in [3.8, 4) is 5.75 Å². The minimum absolute atomic E-state index is 0.272. The molecule has 1 N–H and O–H groups in total. The summed E-state index contributed by atoms with van der Waals surface area (Å²) in [6.45, 7) is 7.20. The lowest BCUT2D eigenvalue weighted by atomic mass is 10.0. The lowest BCUT2D eigenvalue weighted by Crippen LogP contribution is -2.21. The van der Waals surface area contributed by atoms with Crippen molar-refractivity contribution >= 4 is 5.95 Å². The third-order valence-corrected chi connectivity index (χ3v) is 3.52. The number of hydrogen-bond donors (Lipinski definition) is 1. The van der Waals surface area contributed by atoms with Crippen LogP contribution in [0.1, 0.15) is 23.7 Å². The van der Waals surface area contributed by atoms with Gasteiger partial charge in [0.2, 0.25) is 5.95 Å². The molecule has 1 aromatic heterocycles. The van der Waals surface area contributed by atoms with Gasteiger partial charge in [0, 0.05) is 24.7 Å². The SMILES string of the molecule is C=CCNc1nc(C)cn1C1CCOc2ccccc21. The van der Waals surface area contributed by atoms with Crippen LogP contribution in [0.25, 0.3) is 0 Å². The number of benzene rings is 1. The molecule has 0 saturated carbocycles. The molecule has 0 bridgehead atoms. The van der Waals surface area contributed by atoms with E-state index in [4.69, 9.17) is 4.74 Å². The summed E-state index contributed by atoms with van der Waals surface area (Å²) in [6, 6.07) is 8.50. The molecule has 0 fully saturated rings. The van der Waals surface area contributed by atoms with Gasteiger partial charge in [-0.05, 0) is 13.0 Å². The maximum atomic E-state index is 5.73. The van der Waals surface area contributed by atoms with Gasteiger partial charge in [-0.1, -0.05) is 24.3 Å². The van der Waals surface area contributed by atoms with E-state index in [-0.39, 0.29) is 6.04 Å². The molecule has 0 aliphatic carbocycles. The smallest absolute Gasteiger partial charge is 0.203 e. The van der Waals surface area contributed by atoms with E-state index in [0.29, 0.717) is 6.54 Å². The zero-order valence-corrected chi connectivity index (χ0v) is 11.7. The Hall–Kier alpha value is -2.23. The molecule has 20 heavy (non-hydrogen) atoms. The molecule has 1 aliphatic heterocycles. The van der Waals surface area contributed by atoms with Crippen molar-refractivity contribution in [1.29, 1.82) is 0 Å². The van der Waals surface area contributed by atoms with Gasteiger partial charge in [0.25, 0.3) is 0 Å². The van der Waals surface area contributed by atoms with E-state index < -0.39 is 0 Å². The highest BCUT2D eigenvalue weighted by atomic mass is 16.5. The van der Waals surface area contributed by atoms with E-state index in [1.165, 1.54) is 5.56 Å². The number of para-hydroxylation sites is 1. The lowest BCUT2D eigenvalue weighted by Gasteiger charge is -2.28. The highest BCUT2D eigenvalue weighted by molar-refractivity contribution is 5.41. The van der Waals surface area contributed by atoms with Crippen molar-refractivity contribution in [3.63, 3.8) is 0 Å². The van der Waals surface area contributed by atoms with E-state index in [0.717, 1.165) is 30.4 Å². The summed E-state index contributed by atoms with van der Waals surface area (Å²) in [5.74, 6) is 1.87.